The van der Waals surface area contributed by atoms with Gasteiger partial charge >= 0.3 is 0 Å². The fraction of sp³-hybridized carbons (Fsp3) is 0.273. The highest BCUT2D eigenvalue weighted by molar-refractivity contribution is 5.97. The number of carbonyl (C=O) groups is 2. The van der Waals surface area contributed by atoms with Gasteiger partial charge in [-0.15, -0.1) is 0 Å². The number of ether oxygens (including phenoxy) is 1. The van der Waals surface area contributed by atoms with Gasteiger partial charge < -0.3 is 15.8 Å². The SMILES string of the molecule is COC[C@H](NC(=O)c1cc(F)c(F)cc1F)C(N)=O. The maximum atomic E-state index is 13.3. The van der Waals surface area contributed by atoms with Gasteiger partial charge in [0.15, 0.2) is 11.6 Å². The molecule has 0 aliphatic rings. The summed E-state index contributed by atoms with van der Waals surface area (Å²) in [5.74, 6) is -6.06. The van der Waals surface area contributed by atoms with E-state index < -0.39 is 40.9 Å². The molecular weight excluding hydrogens is 265 g/mol. The van der Waals surface area contributed by atoms with Crippen LogP contribution in [0.4, 0.5) is 13.2 Å². The zero-order valence-corrected chi connectivity index (χ0v) is 9.88. The van der Waals surface area contributed by atoms with Crippen molar-refractivity contribution in [3.8, 4) is 0 Å². The molecule has 0 spiro atoms. The molecule has 0 bridgehead atoms. The maximum Gasteiger partial charge on any atom is 0.255 e. The second-order valence-corrected chi connectivity index (χ2v) is 3.63. The second kappa shape index (κ2) is 6.19. The molecule has 0 aliphatic carbocycles. The number of nitrogens with two attached hydrogens (primary N) is 1. The Kier molecular flexibility index (Phi) is 4.87. The standard InChI is InChI=1S/C11H11F3N2O3/c1-19-4-9(10(15)17)16-11(18)5-2-7(13)8(14)3-6(5)12/h2-3,9H,4H2,1H3,(H2,15,17)(H,16,18)/t9-/m0/s1. The van der Waals surface area contributed by atoms with Gasteiger partial charge in [0.2, 0.25) is 5.91 Å². The van der Waals surface area contributed by atoms with Crippen molar-refractivity contribution < 1.29 is 27.5 Å². The molecule has 0 aliphatic heterocycles. The van der Waals surface area contributed by atoms with E-state index in [0.29, 0.717) is 6.07 Å². The number of hydrogen-bond donors (Lipinski definition) is 2. The van der Waals surface area contributed by atoms with E-state index in [2.05, 4.69) is 10.1 Å². The minimum Gasteiger partial charge on any atom is -0.382 e. The molecule has 8 heteroatoms. The molecule has 0 saturated carbocycles. The third kappa shape index (κ3) is 3.68. The molecule has 0 unspecified atom stereocenters. The van der Waals surface area contributed by atoms with Crippen LogP contribution in [0, 0.1) is 17.5 Å². The summed E-state index contributed by atoms with van der Waals surface area (Å²) < 4.78 is 43.6. The van der Waals surface area contributed by atoms with Crippen molar-refractivity contribution in [2.45, 2.75) is 6.04 Å². The zero-order chi connectivity index (χ0) is 14.6. The molecule has 2 amide bonds. The fourth-order valence-corrected chi connectivity index (χ4v) is 1.29. The molecule has 1 aromatic rings. The lowest BCUT2D eigenvalue weighted by molar-refractivity contribution is -0.121. The Morgan fingerprint density at radius 1 is 1.26 bits per heavy atom. The van der Waals surface area contributed by atoms with Crippen molar-refractivity contribution in [2.24, 2.45) is 5.73 Å². The van der Waals surface area contributed by atoms with E-state index in [1.165, 1.54) is 7.11 Å². The van der Waals surface area contributed by atoms with E-state index in [1.54, 1.807) is 0 Å². The van der Waals surface area contributed by atoms with Crippen LogP contribution in [-0.2, 0) is 9.53 Å². The summed E-state index contributed by atoms with van der Waals surface area (Å²) in [5, 5.41) is 2.05. The Bertz CT molecular complexity index is 508. The van der Waals surface area contributed by atoms with Gasteiger partial charge in [-0.1, -0.05) is 0 Å². The first kappa shape index (κ1) is 15.0. The summed E-state index contributed by atoms with van der Waals surface area (Å²) in [6, 6.07) is -0.574. The highest BCUT2D eigenvalue weighted by Gasteiger charge is 2.22. The average Bonchev–Trinajstić information content (AvgIpc) is 2.32. The number of benzene rings is 1. The van der Waals surface area contributed by atoms with E-state index in [4.69, 9.17) is 5.73 Å². The summed E-state index contributed by atoms with van der Waals surface area (Å²) in [4.78, 5) is 22.6. The highest BCUT2D eigenvalue weighted by atomic mass is 19.2. The highest BCUT2D eigenvalue weighted by Crippen LogP contribution is 2.13. The van der Waals surface area contributed by atoms with Crippen molar-refractivity contribution >= 4 is 11.8 Å². The lowest BCUT2D eigenvalue weighted by atomic mass is 10.1. The average molecular weight is 276 g/mol. The van der Waals surface area contributed by atoms with Gasteiger partial charge in [-0.05, 0) is 6.07 Å². The van der Waals surface area contributed by atoms with Crippen molar-refractivity contribution in [3.63, 3.8) is 0 Å². The number of halogens is 3. The maximum absolute atomic E-state index is 13.3. The Morgan fingerprint density at radius 2 is 1.84 bits per heavy atom. The molecule has 5 nitrogen and oxygen atoms in total. The normalized spacial score (nSPS) is 12.0. The van der Waals surface area contributed by atoms with Gasteiger partial charge in [0.25, 0.3) is 5.91 Å². The van der Waals surface area contributed by atoms with Crippen LogP contribution in [0.2, 0.25) is 0 Å². The monoisotopic (exact) mass is 276 g/mol. The predicted molar refractivity (Wildman–Crippen MR) is 58.6 cm³/mol. The number of carbonyl (C=O) groups excluding carboxylic acids is 2. The first-order valence-corrected chi connectivity index (χ1v) is 5.10. The van der Waals surface area contributed by atoms with Gasteiger partial charge in [0.1, 0.15) is 11.9 Å². The van der Waals surface area contributed by atoms with Crippen molar-refractivity contribution in [1.82, 2.24) is 5.32 Å². The molecule has 0 heterocycles. The number of hydrogen-bond acceptors (Lipinski definition) is 3. The van der Waals surface area contributed by atoms with Crippen LogP contribution in [0.25, 0.3) is 0 Å². The van der Waals surface area contributed by atoms with Gasteiger partial charge in [-0.25, -0.2) is 13.2 Å². The minimum absolute atomic E-state index is 0.230. The molecule has 3 N–H and O–H groups in total. The first-order chi connectivity index (χ1) is 8.86. The molecule has 104 valence electrons. The lowest BCUT2D eigenvalue weighted by Crippen LogP contribution is -2.47. The molecule has 1 rings (SSSR count). The van der Waals surface area contributed by atoms with Gasteiger partial charge in [-0.2, -0.15) is 0 Å². The van der Waals surface area contributed by atoms with Gasteiger partial charge in [0, 0.05) is 13.2 Å². The number of nitrogens with one attached hydrogen (secondary N) is 1. The summed E-state index contributed by atoms with van der Waals surface area (Å²) in [7, 11) is 1.26. The van der Waals surface area contributed by atoms with Crippen molar-refractivity contribution in [2.75, 3.05) is 13.7 Å². The van der Waals surface area contributed by atoms with Gasteiger partial charge in [0.05, 0.1) is 12.2 Å². The number of amides is 2. The van der Waals surface area contributed by atoms with E-state index in [1.807, 2.05) is 0 Å². The summed E-state index contributed by atoms with van der Waals surface area (Å²) in [6.45, 7) is -0.230. The first-order valence-electron chi connectivity index (χ1n) is 5.10. The summed E-state index contributed by atoms with van der Waals surface area (Å²) >= 11 is 0. The van der Waals surface area contributed by atoms with Gasteiger partial charge in [-0.3, -0.25) is 9.59 Å². The molecule has 0 fully saturated rings. The Balaban J connectivity index is 2.94. The number of primary amides is 1. The Hall–Kier alpha value is -2.09. The summed E-state index contributed by atoms with van der Waals surface area (Å²) in [6.07, 6.45) is 0. The van der Waals surface area contributed by atoms with E-state index >= 15 is 0 Å². The summed E-state index contributed by atoms with van der Waals surface area (Å²) in [5.41, 5.74) is 4.24. The van der Waals surface area contributed by atoms with E-state index in [-0.39, 0.29) is 12.7 Å². The lowest BCUT2D eigenvalue weighted by Gasteiger charge is -2.14. The fourth-order valence-electron chi connectivity index (χ4n) is 1.29. The predicted octanol–water partition coefficient (Wildman–Crippen LogP) is 0.334. The number of methoxy groups -OCH3 is 1. The zero-order valence-electron chi connectivity index (χ0n) is 9.88. The largest absolute Gasteiger partial charge is 0.382 e. The third-order valence-electron chi connectivity index (χ3n) is 2.24. The van der Waals surface area contributed by atoms with Crippen LogP contribution in [-0.4, -0.2) is 31.6 Å². The quantitative estimate of drug-likeness (QED) is 0.761. The molecule has 0 saturated heterocycles. The topological polar surface area (TPSA) is 81.4 Å². The molecule has 1 aromatic carbocycles. The van der Waals surface area contributed by atoms with Crippen LogP contribution in [0.1, 0.15) is 10.4 Å². The Labute approximate surface area is 106 Å². The van der Waals surface area contributed by atoms with Crippen LogP contribution in [0.3, 0.4) is 0 Å². The Morgan fingerprint density at radius 3 is 2.37 bits per heavy atom. The third-order valence-corrected chi connectivity index (χ3v) is 2.24. The molecule has 1 atom stereocenters. The minimum atomic E-state index is -1.42. The van der Waals surface area contributed by atoms with Crippen LogP contribution >= 0.6 is 0 Å². The second-order valence-electron chi connectivity index (χ2n) is 3.63. The number of rotatable bonds is 5. The molecule has 0 radical (unpaired) electrons. The molecule has 0 aromatic heterocycles. The molecule has 19 heavy (non-hydrogen) atoms. The van der Waals surface area contributed by atoms with Crippen LogP contribution in [0.5, 0.6) is 0 Å². The van der Waals surface area contributed by atoms with Crippen LogP contribution < -0.4 is 11.1 Å². The van der Waals surface area contributed by atoms with E-state index in [0.717, 1.165) is 0 Å². The van der Waals surface area contributed by atoms with Crippen molar-refractivity contribution in [3.05, 3.63) is 35.1 Å². The van der Waals surface area contributed by atoms with Crippen LogP contribution in [0.15, 0.2) is 12.1 Å². The van der Waals surface area contributed by atoms with E-state index in [9.17, 15) is 22.8 Å². The molecular formula is C11H11F3N2O3. The smallest absolute Gasteiger partial charge is 0.255 e. The van der Waals surface area contributed by atoms with Crippen molar-refractivity contribution in [1.29, 1.82) is 0 Å².